The Morgan fingerprint density at radius 2 is 1.68 bits per heavy atom. The Kier molecular flexibility index (Phi) is 10.1. The van der Waals surface area contributed by atoms with Crippen molar-refractivity contribution in [3.63, 3.8) is 0 Å². The summed E-state index contributed by atoms with van der Waals surface area (Å²) >= 11 is 3.66. The molecule has 2 aromatic rings. The molecule has 2 unspecified atom stereocenters. The van der Waals surface area contributed by atoms with Gasteiger partial charge in [-0.25, -0.2) is 0 Å². The van der Waals surface area contributed by atoms with Crippen molar-refractivity contribution in [2.75, 3.05) is 18.4 Å². The predicted molar refractivity (Wildman–Crippen MR) is 170 cm³/mol. The zero-order chi connectivity index (χ0) is 30.8. The highest BCUT2D eigenvalue weighted by atomic mass is 79.9. The van der Waals surface area contributed by atoms with Crippen molar-refractivity contribution in [3.8, 4) is 0 Å². The molecule has 0 saturated carbocycles. The summed E-state index contributed by atoms with van der Waals surface area (Å²) in [6, 6.07) is 3.83. The van der Waals surface area contributed by atoms with Crippen LogP contribution in [0, 0.1) is 10.8 Å². The first kappa shape index (κ1) is 33.1. The second kappa shape index (κ2) is 12.5. The first-order chi connectivity index (χ1) is 19.0. The number of benzene rings is 1. The van der Waals surface area contributed by atoms with E-state index >= 15 is 0 Å². The number of ether oxygens (including phenoxy) is 1. The van der Waals surface area contributed by atoms with Crippen LogP contribution in [0.3, 0.4) is 0 Å². The van der Waals surface area contributed by atoms with E-state index in [1.54, 1.807) is 19.3 Å². The van der Waals surface area contributed by atoms with E-state index in [1.807, 2.05) is 58.6 Å². The summed E-state index contributed by atoms with van der Waals surface area (Å²) in [5.74, 6) is 0.594. The van der Waals surface area contributed by atoms with Gasteiger partial charge in [0, 0.05) is 24.4 Å². The van der Waals surface area contributed by atoms with Crippen molar-refractivity contribution >= 4 is 50.2 Å². The lowest BCUT2D eigenvalue weighted by Gasteiger charge is -2.43. The van der Waals surface area contributed by atoms with E-state index in [0.29, 0.717) is 31.9 Å². The Bertz CT molecular complexity index is 1310. The molecule has 3 atom stereocenters. The number of hydrogen-bond acceptors (Lipinski definition) is 8. The van der Waals surface area contributed by atoms with Crippen molar-refractivity contribution in [2.24, 2.45) is 15.8 Å². The van der Waals surface area contributed by atoms with Gasteiger partial charge in [0.15, 0.2) is 17.5 Å². The number of carbonyl (C=O) groups is 2. The number of rotatable bonds is 13. The average molecular weight is 631 g/mol. The fourth-order valence-electron chi connectivity index (χ4n) is 6.05. The molecule has 0 radical (unpaired) electrons. The van der Waals surface area contributed by atoms with Crippen LogP contribution in [0.1, 0.15) is 94.9 Å². The van der Waals surface area contributed by atoms with Crippen LogP contribution < -0.4 is 5.32 Å². The van der Waals surface area contributed by atoms with Gasteiger partial charge in [-0.1, -0.05) is 54.9 Å². The third-order valence-electron chi connectivity index (χ3n) is 8.93. The molecule has 0 spiro atoms. The summed E-state index contributed by atoms with van der Waals surface area (Å²) < 4.78 is 7.25. The molecule has 3 rings (SSSR count). The van der Waals surface area contributed by atoms with Gasteiger partial charge in [-0.3, -0.25) is 24.5 Å². The first-order valence-corrected chi connectivity index (χ1v) is 15.6. The number of aromatic nitrogens is 2. The third-order valence-corrected chi connectivity index (χ3v) is 9.74. The number of halogens is 1. The average Bonchev–Trinajstić information content (AvgIpc) is 3.41. The molecule has 0 saturated heterocycles. The van der Waals surface area contributed by atoms with Gasteiger partial charge in [-0.2, -0.15) is 0 Å². The van der Waals surface area contributed by atoms with Gasteiger partial charge in [0.1, 0.15) is 22.8 Å². The highest BCUT2D eigenvalue weighted by molar-refractivity contribution is 9.10. The Morgan fingerprint density at radius 3 is 2.29 bits per heavy atom. The van der Waals surface area contributed by atoms with Crippen LogP contribution in [-0.2, 0) is 14.3 Å². The molecule has 1 aromatic carbocycles. The second-order valence-electron chi connectivity index (χ2n) is 13.1. The molecule has 0 amide bonds. The fourth-order valence-corrected chi connectivity index (χ4v) is 6.59. The summed E-state index contributed by atoms with van der Waals surface area (Å²) in [5.41, 5.74) is -0.202. The molecule has 41 heavy (non-hydrogen) atoms. The number of hydrogen-bond donors (Lipinski definition) is 1. The van der Waals surface area contributed by atoms with E-state index < -0.39 is 22.7 Å². The maximum Gasteiger partial charge on any atom is 0.199 e. The van der Waals surface area contributed by atoms with Crippen LogP contribution >= 0.6 is 15.9 Å². The van der Waals surface area contributed by atoms with Crippen LogP contribution in [0.5, 0.6) is 0 Å². The van der Waals surface area contributed by atoms with E-state index in [9.17, 15) is 9.59 Å². The van der Waals surface area contributed by atoms with Crippen molar-refractivity contribution in [1.82, 2.24) is 14.9 Å². The summed E-state index contributed by atoms with van der Waals surface area (Å²) in [7, 11) is 0. The summed E-state index contributed by atoms with van der Waals surface area (Å²) in [6.07, 6.45) is 5.30. The van der Waals surface area contributed by atoms with Crippen LogP contribution in [0.15, 0.2) is 34.0 Å². The number of carbonyl (C=O) groups excluding carboxylic acids is 2. The quantitative estimate of drug-likeness (QED) is 0.250. The van der Waals surface area contributed by atoms with Gasteiger partial charge in [-0.15, -0.1) is 0 Å². The number of fused-ring (bicyclic) bond motifs is 1. The van der Waals surface area contributed by atoms with Crippen LogP contribution in [0.2, 0.25) is 0 Å². The van der Waals surface area contributed by atoms with E-state index in [0.717, 1.165) is 34.0 Å². The number of anilines is 1. The summed E-state index contributed by atoms with van der Waals surface area (Å²) in [5, 5.41) is 3.42. The monoisotopic (exact) mass is 629 g/mol. The summed E-state index contributed by atoms with van der Waals surface area (Å²) in [4.78, 5) is 43.7. The topological polar surface area (TPSA) is 96.8 Å². The van der Waals surface area contributed by atoms with E-state index in [2.05, 4.69) is 52.0 Å². The van der Waals surface area contributed by atoms with Gasteiger partial charge >= 0.3 is 0 Å². The molecule has 0 bridgehead atoms. The fraction of sp³-hybridized carbons (Fsp3) is 0.656. The molecule has 1 aliphatic heterocycles. The smallest absolute Gasteiger partial charge is 0.199 e. The van der Waals surface area contributed by atoms with E-state index in [4.69, 9.17) is 9.73 Å². The standard InChI is InChI=1S/C32H48BrN5O3/c1-11-29(5,6)20-30(7,8)27(40)32(10,13-3)41-21(4)26(39)31(9,12-2)38-19-18-36-28(38)37-22-14-15-23-25(24(22)33)35-17-16-34-23/h14-17,21H,11-13,18-20H2,1-10H3,(H,36,37)/t21-,31?,32?/m0/s1. The lowest BCUT2D eigenvalue weighted by Crippen LogP contribution is -2.59. The zero-order valence-corrected chi connectivity index (χ0v) is 28.1. The van der Waals surface area contributed by atoms with Crippen molar-refractivity contribution in [1.29, 1.82) is 0 Å². The van der Waals surface area contributed by atoms with Crippen LogP contribution in [-0.4, -0.2) is 62.7 Å². The van der Waals surface area contributed by atoms with Gasteiger partial charge < -0.3 is 15.0 Å². The number of Topliss-reactive ketones (excluding diaryl/α,β-unsaturated/α-hetero) is 2. The minimum absolute atomic E-state index is 0.0289. The van der Waals surface area contributed by atoms with Crippen LogP contribution in [0.25, 0.3) is 11.0 Å². The van der Waals surface area contributed by atoms with Gasteiger partial charge in [0.05, 0.1) is 22.2 Å². The first-order valence-electron chi connectivity index (χ1n) is 14.8. The Labute approximate surface area is 254 Å². The Balaban J connectivity index is 1.83. The molecule has 1 N–H and O–H groups in total. The predicted octanol–water partition coefficient (Wildman–Crippen LogP) is 7.21. The molecule has 1 aliphatic rings. The number of aliphatic imine (C=N–C) groups is 1. The van der Waals surface area contributed by atoms with Crippen LogP contribution in [0.4, 0.5) is 5.69 Å². The third kappa shape index (κ3) is 6.82. The highest BCUT2D eigenvalue weighted by Gasteiger charge is 2.49. The molecule has 226 valence electrons. The molecular weight excluding hydrogens is 582 g/mol. The van der Waals surface area contributed by atoms with Gasteiger partial charge in [-0.05, 0) is 73.5 Å². The van der Waals surface area contributed by atoms with Crippen molar-refractivity contribution in [2.45, 2.75) is 112 Å². The molecule has 1 aromatic heterocycles. The summed E-state index contributed by atoms with van der Waals surface area (Å²) in [6.45, 7) is 21.2. The molecule has 8 nitrogen and oxygen atoms in total. The number of ketones is 2. The molecule has 9 heteroatoms. The molecule has 0 aliphatic carbocycles. The Morgan fingerprint density at radius 1 is 1.02 bits per heavy atom. The lowest BCUT2D eigenvalue weighted by molar-refractivity contribution is -0.168. The van der Waals surface area contributed by atoms with Crippen molar-refractivity contribution in [3.05, 3.63) is 29.0 Å². The Hall–Kier alpha value is -2.39. The van der Waals surface area contributed by atoms with Crippen molar-refractivity contribution < 1.29 is 14.3 Å². The SMILES string of the molecule is CCC(C)(C)CC(C)(C)C(=O)C(C)(CC)O[C@@H](C)C(=O)C(C)(CC)N1CCN=C1Nc1ccc2nccnc2c1Br. The van der Waals surface area contributed by atoms with E-state index in [-0.39, 0.29) is 17.0 Å². The van der Waals surface area contributed by atoms with E-state index in [1.165, 1.54) is 0 Å². The second-order valence-corrected chi connectivity index (χ2v) is 13.9. The maximum absolute atomic E-state index is 14.2. The molecular formula is C32H48BrN5O3. The molecule has 2 heterocycles. The van der Waals surface area contributed by atoms with Gasteiger partial charge in [0.25, 0.3) is 0 Å². The largest absolute Gasteiger partial charge is 0.357 e. The zero-order valence-electron chi connectivity index (χ0n) is 26.5. The minimum Gasteiger partial charge on any atom is -0.357 e. The number of nitrogens with zero attached hydrogens (tertiary/aromatic N) is 4. The number of guanidine groups is 1. The minimum atomic E-state index is -1.08. The normalized spacial score (nSPS) is 18.0. The maximum atomic E-state index is 14.2. The highest BCUT2D eigenvalue weighted by Crippen LogP contribution is 2.41. The number of nitrogens with one attached hydrogen (secondary N) is 1. The lowest BCUT2D eigenvalue weighted by atomic mass is 9.68. The van der Waals surface area contributed by atoms with Gasteiger partial charge in [0.2, 0.25) is 0 Å². The molecule has 0 fully saturated rings.